The van der Waals surface area contributed by atoms with E-state index in [-0.39, 0.29) is 42.8 Å². The number of thiocarbonyl (C=S) groups is 1. The Morgan fingerprint density at radius 1 is 0.958 bits per heavy atom. The first-order valence-corrected chi connectivity index (χ1v) is 24.6. The van der Waals surface area contributed by atoms with Gasteiger partial charge in [-0.1, -0.05) is 51.1 Å². The lowest BCUT2D eigenvalue weighted by Crippen LogP contribution is -2.58. The number of anilines is 2. The number of benzene rings is 3. The highest BCUT2D eigenvalue weighted by Crippen LogP contribution is 2.42. The fraction of sp³-hybridized carbons (Fsp3) is 0.471. The van der Waals surface area contributed by atoms with E-state index in [9.17, 15) is 37.5 Å². The Morgan fingerprint density at radius 2 is 1.62 bits per heavy atom. The minimum absolute atomic E-state index is 0.00135. The highest BCUT2D eigenvalue weighted by molar-refractivity contribution is 7.81. The Morgan fingerprint density at radius 3 is 2.25 bits per heavy atom. The molecule has 0 aliphatic carbocycles. The van der Waals surface area contributed by atoms with E-state index in [1.807, 2.05) is 52.0 Å². The third-order valence-electron chi connectivity index (χ3n) is 12.2. The van der Waals surface area contributed by atoms with Crippen molar-refractivity contribution in [3.05, 3.63) is 100 Å². The molecule has 3 aromatic carbocycles. The number of aliphatic hydroxyl groups is 1. The lowest BCUT2D eigenvalue weighted by atomic mass is 9.85. The van der Waals surface area contributed by atoms with Gasteiger partial charge in [0.15, 0.2) is 10.8 Å². The molecule has 3 N–H and O–H groups in total. The number of carbonyl (C=O) groups excluding carboxylic acids is 4. The zero-order chi connectivity index (χ0) is 51.7. The monoisotopic (exact) mass is 1020 g/mol. The van der Waals surface area contributed by atoms with Crippen molar-refractivity contribution in [3.63, 3.8) is 0 Å². The number of hydrogen-bond donors (Lipinski definition) is 3. The number of likely N-dealkylation sites (tertiary alicyclic amines) is 1. The molecule has 3 heterocycles. The lowest BCUT2D eigenvalue weighted by Gasteiger charge is -2.35. The van der Waals surface area contributed by atoms with Gasteiger partial charge in [0, 0.05) is 57.1 Å². The Balaban J connectivity index is 0.851. The Labute approximate surface area is 421 Å². The summed E-state index contributed by atoms with van der Waals surface area (Å²) >= 11 is 7.19. The number of thiazole rings is 1. The molecule has 0 spiro atoms. The van der Waals surface area contributed by atoms with E-state index in [1.165, 1.54) is 11.0 Å². The first-order valence-electron chi connectivity index (χ1n) is 23.3. The number of ether oxygens (including phenoxy) is 3. The minimum atomic E-state index is -4.79. The summed E-state index contributed by atoms with van der Waals surface area (Å²) in [6, 6.07) is 15.9. The third-order valence-corrected chi connectivity index (χ3v) is 13.5. The molecule has 0 radical (unpaired) electrons. The maximum Gasteiger partial charge on any atom is 0.407 e. The fourth-order valence-electron chi connectivity index (χ4n) is 8.32. The van der Waals surface area contributed by atoms with Crippen LogP contribution in [0.5, 0.6) is 5.75 Å². The van der Waals surface area contributed by atoms with Crippen LogP contribution in [0.4, 0.5) is 30.2 Å². The molecule has 1 aromatic heterocycles. The molecule has 4 amide bonds. The van der Waals surface area contributed by atoms with Gasteiger partial charge in [0.25, 0.3) is 5.91 Å². The minimum Gasteiger partial charge on any atom is -0.494 e. The number of unbranched alkanes of at least 4 members (excludes halogenated alkanes) is 2. The first-order chi connectivity index (χ1) is 33.6. The summed E-state index contributed by atoms with van der Waals surface area (Å²) in [6.45, 7) is 19.5. The fourth-order valence-corrected chi connectivity index (χ4v) is 9.65. The van der Waals surface area contributed by atoms with Gasteiger partial charge in [0.05, 0.1) is 40.9 Å². The number of amides is 4. The molecule has 0 unspecified atom stereocenters. The average molecular weight is 1020 g/mol. The maximum absolute atomic E-state index is 13.9. The number of alkyl halides is 3. The SMILES string of the molecule is [C-]#[N+]c1ccc(N2C(=O)C(C)(C)N(c3ccc(OCCCOCCCCCOCC(=O)N[C@H](C(=O)N4C[C@H](O)C[C@H]4C(=O)NCc4ccc(-c5scnc5C)cc4)C(C)(C)C)cc3)C2=S)cc1C(F)(F)F. The molecule has 6 rings (SSSR count). The van der Waals surface area contributed by atoms with Crippen LogP contribution in [0.1, 0.15) is 83.5 Å². The van der Waals surface area contributed by atoms with Crippen LogP contribution >= 0.6 is 23.6 Å². The summed E-state index contributed by atoms with van der Waals surface area (Å²) in [5.41, 5.74) is 1.50. The van der Waals surface area contributed by atoms with E-state index in [4.69, 9.17) is 33.0 Å². The van der Waals surface area contributed by atoms with Gasteiger partial charge < -0.3 is 39.8 Å². The molecule has 2 saturated heterocycles. The quantitative estimate of drug-likeness (QED) is 0.0417. The second-order valence-electron chi connectivity index (χ2n) is 19.0. The molecule has 0 saturated carbocycles. The maximum atomic E-state index is 13.9. The summed E-state index contributed by atoms with van der Waals surface area (Å²) in [4.78, 5) is 66.3. The number of β-amino-alcohol motifs (C(OH)–C–C–N with tert-alkyl or cyclic N) is 1. The smallest absolute Gasteiger partial charge is 0.407 e. The topological polar surface area (TPSA) is 167 Å². The van der Waals surface area contributed by atoms with Gasteiger partial charge in [-0.3, -0.25) is 24.1 Å². The number of aromatic nitrogens is 1. The number of nitrogens with zero attached hydrogens (tertiary/aromatic N) is 5. The molecular formula is C51H60F3N7O8S2. The highest BCUT2D eigenvalue weighted by Gasteiger charge is 2.51. The Kier molecular flexibility index (Phi) is 18.0. The van der Waals surface area contributed by atoms with Gasteiger partial charge in [-0.2, -0.15) is 13.2 Å². The van der Waals surface area contributed by atoms with Crippen molar-refractivity contribution in [2.75, 3.05) is 49.4 Å². The van der Waals surface area contributed by atoms with Crippen molar-refractivity contribution >= 4 is 69.4 Å². The average Bonchev–Trinajstić information content (AvgIpc) is 3.99. The third kappa shape index (κ3) is 13.5. The second-order valence-corrected chi connectivity index (χ2v) is 20.2. The molecule has 380 valence electrons. The van der Waals surface area contributed by atoms with Crippen LogP contribution in [0, 0.1) is 18.9 Å². The van der Waals surface area contributed by atoms with Crippen LogP contribution in [-0.2, 0) is 41.4 Å². The van der Waals surface area contributed by atoms with Crippen molar-refractivity contribution in [1.29, 1.82) is 0 Å². The summed E-state index contributed by atoms with van der Waals surface area (Å²) in [5, 5.41) is 16.3. The van der Waals surface area contributed by atoms with Crippen LogP contribution in [-0.4, -0.2) is 107 Å². The van der Waals surface area contributed by atoms with Crippen LogP contribution in [0.3, 0.4) is 0 Å². The Hall–Kier alpha value is -5.98. The summed E-state index contributed by atoms with van der Waals surface area (Å²) < 4.78 is 58.4. The van der Waals surface area contributed by atoms with Gasteiger partial charge in [0.1, 0.15) is 30.0 Å². The largest absolute Gasteiger partial charge is 0.494 e. The summed E-state index contributed by atoms with van der Waals surface area (Å²) in [5.74, 6) is -1.24. The van der Waals surface area contributed by atoms with Gasteiger partial charge in [-0.15, -0.1) is 11.3 Å². The van der Waals surface area contributed by atoms with Gasteiger partial charge in [-0.05, 0) is 105 Å². The molecule has 0 bridgehead atoms. The van der Waals surface area contributed by atoms with Gasteiger partial charge >= 0.3 is 6.18 Å². The predicted octanol–water partition coefficient (Wildman–Crippen LogP) is 8.39. The van der Waals surface area contributed by atoms with Crippen molar-refractivity contribution in [1.82, 2.24) is 20.5 Å². The zero-order valence-electron chi connectivity index (χ0n) is 40.6. The standard InChI is InChI=1S/C51H60F3N7O8S2/c1-32-43(71-31-57-32)34-14-12-33(13-15-34)28-56-45(64)41-27-37(62)29-59(41)46(65)44(49(2,3)4)58-42(63)30-68-23-10-8-9-22-67-24-11-25-69-38-19-16-35(17-20-38)61-48(70)60(47(66)50(61,5)6)36-18-21-40(55-7)39(26-36)51(52,53)54/h12-21,26,31,37,41,44,62H,8-11,22-25,27-30H2,1-6H3,(H,56,64)(H,58,63)/t37-,41+,44-/m1/s1. The second kappa shape index (κ2) is 23.5. The number of aliphatic hydroxyl groups excluding tert-OH is 1. The summed E-state index contributed by atoms with van der Waals surface area (Å²) in [7, 11) is 0. The zero-order valence-corrected chi connectivity index (χ0v) is 42.3. The van der Waals surface area contributed by atoms with Crippen LogP contribution < -0.4 is 25.2 Å². The van der Waals surface area contributed by atoms with Crippen molar-refractivity contribution in [3.8, 4) is 16.2 Å². The van der Waals surface area contributed by atoms with Crippen molar-refractivity contribution in [2.45, 2.75) is 110 Å². The molecule has 20 heteroatoms. The van der Waals surface area contributed by atoms with Gasteiger partial charge in [0.2, 0.25) is 17.7 Å². The highest BCUT2D eigenvalue weighted by atomic mass is 32.1. The van der Waals surface area contributed by atoms with E-state index in [0.29, 0.717) is 50.7 Å². The number of rotatable bonds is 21. The van der Waals surface area contributed by atoms with Crippen LogP contribution in [0.25, 0.3) is 15.3 Å². The molecular weight excluding hydrogens is 960 g/mol. The summed E-state index contributed by atoms with van der Waals surface area (Å²) in [6.07, 6.45) is -2.70. The van der Waals surface area contributed by atoms with Crippen LogP contribution in [0.2, 0.25) is 0 Å². The molecule has 15 nitrogen and oxygen atoms in total. The first kappa shape index (κ1) is 54.4. The molecule has 71 heavy (non-hydrogen) atoms. The van der Waals surface area contributed by atoms with E-state index < -0.39 is 64.3 Å². The number of halogens is 3. The molecule has 4 aromatic rings. The molecule has 2 fully saturated rings. The Bertz CT molecular complexity index is 2580. The molecule has 3 atom stereocenters. The van der Waals surface area contributed by atoms with E-state index >= 15 is 0 Å². The van der Waals surface area contributed by atoms with Crippen molar-refractivity contribution in [2.24, 2.45) is 5.41 Å². The number of nitrogens with one attached hydrogen (secondary N) is 2. The van der Waals surface area contributed by atoms with Crippen molar-refractivity contribution < 1.29 is 51.7 Å². The number of hydrogen-bond acceptors (Lipinski definition) is 11. The van der Waals surface area contributed by atoms with E-state index in [1.54, 1.807) is 59.9 Å². The van der Waals surface area contributed by atoms with Crippen LogP contribution in [0.15, 0.2) is 72.2 Å². The van der Waals surface area contributed by atoms with Gasteiger partial charge in [-0.25, -0.2) is 9.83 Å². The normalized spacial score (nSPS) is 17.3. The number of aryl methyl sites for hydroxylation is 1. The predicted molar refractivity (Wildman–Crippen MR) is 268 cm³/mol. The number of carbonyl (C=O) groups is 4. The lowest BCUT2D eigenvalue weighted by molar-refractivity contribution is -0.144. The molecule has 2 aliphatic rings. The molecule has 2 aliphatic heterocycles. The van der Waals surface area contributed by atoms with E-state index in [0.717, 1.165) is 51.6 Å². The van der Waals surface area contributed by atoms with E-state index in [2.05, 4.69) is 20.5 Å².